The molecule has 15 rings (SSSR count). The topological polar surface area (TPSA) is 21.3 Å². The number of thiophene rings is 1. The molecule has 0 fully saturated rings. The van der Waals surface area contributed by atoms with E-state index in [2.05, 4.69) is 205 Å². The molecule has 330 valence electrons. The zero-order valence-corrected chi connectivity index (χ0v) is 41.2. The summed E-state index contributed by atoms with van der Waals surface area (Å²) < 4.78 is 12.2. The fourth-order valence-corrected chi connectivity index (χ4v) is 14.9. The Kier molecular flexibility index (Phi) is 7.28. The molecule has 0 unspecified atom stereocenters. The zero-order chi connectivity index (χ0) is 46.1. The van der Waals surface area contributed by atoms with E-state index in [1.54, 1.807) is 0 Å². The van der Waals surface area contributed by atoms with Gasteiger partial charge >= 0.3 is 6.85 Å². The van der Waals surface area contributed by atoms with Gasteiger partial charge in [0.05, 0.1) is 11.0 Å². The van der Waals surface area contributed by atoms with E-state index in [0.717, 1.165) is 23.0 Å². The standard InChI is InChI=1S/C63H53BN2OS/c1-60(2,3)34-22-24-35(25-23-34)66-48-30-40-37-17-12-15-21-52(37)68-53(40)31-42(48)56-57-54(38-18-10-13-19-43(38)63(57,8)9)55-41-28-44-45(62(6,7)27-26-61(44,4)5)32-47(41)65-49-33-51-39(36-16-11-14-20-50(36)67-51)29-46(49)64(66)58(56)59(55)65/h10-25,28-33H,26-27H2,1-9H3. The summed E-state index contributed by atoms with van der Waals surface area (Å²) in [5, 5.41) is 7.72. The number of furan rings is 1. The van der Waals surface area contributed by atoms with Crippen LogP contribution in [0, 0.1) is 0 Å². The Morgan fingerprint density at radius 3 is 2.06 bits per heavy atom. The van der Waals surface area contributed by atoms with Gasteiger partial charge in [-0.25, -0.2) is 0 Å². The molecule has 0 radical (unpaired) electrons. The largest absolute Gasteiger partial charge is 0.456 e. The first-order chi connectivity index (χ1) is 32.6. The first-order valence-corrected chi connectivity index (χ1v) is 25.6. The Morgan fingerprint density at radius 1 is 0.574 bits per heavy atom. The van der Waals surface area contributed by atoms with Crippen LogP contribution in [0.3, 0.4) is 0 Å². The molecule has 0 saturated carbocycles. The monoisotopic (exact) mass is 896 g/mol. The van der Waals surface area contributed by atoms with E-state index >= 15 is 0 Å². The summed E-state index contributed by atoms with van der Waals surface area (Å²) >= 11 is 1.93. The zero-order valence-electron chi connectivity index (χ0n) is 40.4. The number of hydrogen-bond acceptors (Lipinski definition) is 3. The molecule has 2 aliphatic heterocycles. The first-order valence-electron chi connectivity index (χ1n) is 24.7. The lowest BCUT2D eigenvalue weighted by Crippen LogP contribution is -2.61. The smallest absolute Gasteiger partial charge is 0.333 e. The molecule has 5 heterocycles. The normalized spacial score (nSPS) is 17.1. The Balaban J connectivity index is 1.21. The molecule has 4 aliphatic rings. The molecule has 0 bridgehead atoms. The quantitative estimate of drug-likeness (QED) is 0.153. The molecule has 3 nitrogen and oxygen atoms in total. The second-order valence-corrected chi connectivity index (χ2v) is 24.6. The van der Waals surface area contributed by atoms with Crippen LogP contribution in [0.1, 0.15) is 103 Å². The summed E-state index contributed by atoms with van der Waals surface area (Å²) in [7, 11) is 0. The lowest BCUT2D eigenvalue weighted by molar-refractivity contribution is 0.332. The van der Waals surface area contributed by atoms with Gasteiger partial charge in [0, 0.05) is 75.8 Å². The number of fused-ring (bicyclic) bond motifs is 20. The van der Waals surface area contributed by atoms with Gasteiger partial charge in [-0.2, -0.15) is 0 Å². The minimum Gasteiger partial charge on any atom is -0.456 e. The van der Waals surface area contributed by atoms with Crippen molar-refractivity contribution in [2.24, 2.45) is 0 Å². The van der Waals surface area contributed by atoms with Crippen LogP contribution in [0.4, 0.5) is 11.4 Å². The third-order valence-electron chi connectivity index (χ3n) is 17.3. The van der Waals surface area contributed by atoms with Crippen molar-refractivity contribution >= 4 is 104 Å². The van der Waals surface area contributed by atoms with Crippen molar-refractivity contribution in [1.82, 2.24) is 4.57 Å². The summed E-state index contributed by atoms with van der Waals surface area (Å²) in [6, 6.07) is 51.9. The van der Waals surface area contributed by atoms with Crippen molar-refractivity contribution in [3.8, 4) is 27.9 Å². The Bertz CT molecular complexity index is 4110. The van der Waals surface area contributed by atoms with Crippen molar-refractivity contribution < 1.29 is 4.42 Å². The molecule has 68 heavy (non-hydrogen) atoms. The van der Waals surface area contributed by atoms with Gasteiger partial charge in [0.15, 0.2) is 0 Å². The summed E-state index contributed by atoms with van der Waals surface area (Å²) in [5.74, 6) is 0. The van der Waals surface area contributed by atoms with Gasteiger partial charge in [0.25, 0.3) is 0 Å². The van der Waals surface area contributed by atoms with E-state index in [1.807, 2.05) is 11.3 Å². The molecule has 0 atom stereocenters. The van der Waals surface area contributed by atoms with Crippen LogP contribution in [0.2, 0.25) is 0 Å². The lowest BCUT2D eigenvalue weighted by atomic mass is 9.43. The fourth-order valence-electron chi connectivity index (χ4n) is 13.8. The fraction of sp³-hybridized carbons (Fsp3) is 0.238. The van der Waals surface area contributed by atoms with E-state index in [4.69, 9.17) is 4.42 Å². The maximum atomic E-state index is 6.86. The highest BCUT2D eigenvalue weighted by molar-refractivity contribution is 7.25. The van der Waals surface area contributed by atoms with E-state index in [0.29, 0.717) is 0 Å². The van der Waals surface area contributed by atoms with Gasteiger partial charge in [-0.05, 0) is 133 Å². The van der Waals surface area contributed by atoms with Gasteiger partial charge < -0.3 is 13.8 Å². The number of aromatic nitrogens is 1. The Morgan fingerprint density at radius 2 is 1.28 bits per heavy atom. The van der Waals surface area contributed by atoms with Gasteiger partial charge in [-0.15, -0.1) is 11.3 Å². The number of hydrogen-bond donors (Lipinski definition) is 0. The first kappa shape index (κ1) is 39.4. The summed E-state index contributed by atoms with van der Waals surface area (Å²) in [5.41, 5.74) is 23.4. The molecular weight excluding hydrogens is 844 g/mol. The van der Waals surface area contributed by atoms with Crippen molar-refractivity contribution in [1.29, 1.82) is 0 Å². The minimum atomic E-state index is -0.270. The predicted molar refractivity (Wildman–Crippen MR) is 292 cm³/mol. The molecule has 2 aliphatic carbocycles. The minimum absolute atomic E-state index is 0.0224. The van der Waals surface area contributed by atoms with Gasteiger partial charge in [-0.3, -0.25) is 0 Å². The van der Waals surface area contributed by atoms with Crippen molar-refractivity contribution in [3.05, 3.63) is 161 Å². The average molecular weight is 897 g/mol. The molecule has 0 N–H and O–H groups in total. The van der Waals surface area contributed by atoms with E-state index in [1.165, 1.54) is 132 Å². The average Bonchev–Trinajstić information content (AvgIpc) is 4.04. The highest BCUT2D eigenvalue weighted by Crippen LogP contribution is 2.60. The van der Waals surface area contributed by atoms with Crippen LogP contribution in [0.5, 0.6) is 0 Å². The highest BCUT2D eigenvalue weighted by Gasteiger charge is 2.51. The second kappa shape index (κ2) is 12.6. The van der Waals surface area contributed by atoms with Gasteiger partial charge in [-0.1, -0.05) is 141 Å². The van der Waals surface area contributed by atoms with Crippen molar-refractivity contribution in [2.45, 2.75) is 96.8 Å². The summed E-state index contributed by atoms with van der Waals surface area (Å²) in [6.45, 7) is 21.7. The lowest BCUT2D eigenvalue weighted by Gasteiger charge is -2.44. The van der Waals surface area contributed by atoms with Crippen LogP contribution >= 0.6 is 11.3 Å². The number of benzene rings is 8. The van der Waals surface area contributed by atoms with E-state index in [-0.39, 0.29) is 28.5 Å². The van der Waals surface area contributed by atoms with Gasteiger partial charge in [0.2, 0.25) is 0 Å². The predicted octanol–water partition coefficient (Wildman–Crippen LogP) is 16.2. The van der Waals surface area contributed by atoms with Crippen LogP contribution in [-0.2, 0) is 21.7 Å². The number of anilines is 2. The number of rotatable bonds is 1. The Hall–Kier alpha value is -6.56. The summed E-state index contributed by atoms with van der Waals surface area (Å²) in [6.07, 6.45) is 2.33. The van der Waals surface area contributed by atoms with Crippen molar-refractivity contribution in [2.75, 3.05) is 4.81 Å². The molecule has 8 aromatic carbocycles. The number of para-hydroxylation sites is 1. The molecule has 5 heteroatoms. The van der Waals surface area contributed by atoms with Crippen LogP contribution in [0.25, 0.3) is 91.9 Å². The molecule has 3 aromatic heterocycles. The van der Waals surface area contributed by atoms with Crippen LogP contribution in [0.15, 0.2) is 138 Å². The van der Waals surface area contributed by atoms with Gasteiger partial charge in [0.1, 0.15) is 11.2 Å². The Labute approximate surface area is 402 Å². The molecule has 11 aromatic rings. The van der Waals surface area contributed by atoms with Crippen molar-refractivity contribution in [3.63, 3.8) is 0 Å². The van der Waals surface area contributed by atoms with Crippen LogP contribution < -0.4 is 15.7 Å². The third kappa shape index (κ3) is 4.81. The SMILES string of the molecule is CC(C)(C)c1ccc(N2B3c4cc5c(cc4-n4c6cc7c(cc6c6c8c(c(c3c64)-c3cc4sc6ccccc6c4cc32)C(C)(C)c2ccccc2-8)C(C)(C)CCC7(C)C)oc2ccccc25)cc1. The molecule has 0 amide bonds. The maximum Gasteiger partial charge on any atom is 0.333 e. The van der Waals surface area contributed by atoms with E-state index < -0.39 is 0 Å². The molecule has 0 saturated heterocycles. The third-order valence-corrected chi connectivity index (χ3v) is 18.5. The highest BCUT2D eigenvalue weighted by atomic mass is 32.1. The van der Waals surface area contributed by atoms with E-state index in [9.17, 15) is 0 Å². The maximum absolute atomic E-state index is 6.86. The molecular formula is C63H53BN2OS. The molecule has 0 spiro atoms. The summed E-state index contributed by atoms with van der Waals surface area (Å²) in [4.78, 5) is 2.74. The number of nitrogens with zero attached hydrogens (tertiary/aromatic N) is 2. The second-order valence-electron chi connectivity index (χ2n) is 23.5. The van der Waals surface area contributed by atoms with Crippen LogP contribution in [-0.4, -0.2) is 11.4 Å².